The van der Waals surface area contributed by atoms with Crippen molar-refractivity contribution in [3.63, 3.8) is 0 Å². The van der Waals surface area contributed by atoms with E-state index in [2.05, 4.69) is 25.2 Å². The largest absolute Gasteiger partial charge is 0.465 e. The molecule has 1 heterocycles. The van der Waals surface area contributed by atoms with Crippen LogP contribution in [0.5, 0.6) is 0 Å². The molecule has 0 fully saturated rings. The van der Waals surface area contributed by atoms with Gasteiger partial charge in [0.25, 0.3) is 0 Å². The van der Waals surface area contributed by atoms with Crippen LogP contribution >= 0.6 is 0 Å². The summed E-state index contributed by atoms with van der Waals surface area (Å²) >= 11 is 0. The highest BCUT2D eigenvalue weighted by Crippen LogP contribution is 2.16. The van der Waals surface area contributed by atoms with Gasteiger partial charge in [-0.3, -0.25) is 4.90 Å². The lowest BCUT2D eigenvalue weighted by molar-refractivity contribution is 0.306. The van der Waals surface area contributed by atoms with E-state index in [1.54, 1.807) is 0 Å². The number of rotatable bonds is 9. The number of furan rings is 1. The zero-order chi connectivity index (χ0) is 16.0. The second kappa shape index (κ2) is 7.96. The van der Waals surface area contributed by atoms with Gasteiger partial charge in [0, 0.05) is 24.9 Å². The van der Waals surface area contributed by atoms with E-state index in [1.807, 2.05) is 18.9 Å². The average Bonchev–Trinajstić information content (AvgIpc) is 2.66. The molecule has 0 aliphatic carbocycles. The SMILES string of the molecule is Cc1oc(CN(C)CCS(C)(=O)=O)cc1CNCC(C)C. The summed E-state index contributed by atoms with van der Waals surface area (Å²) in [5, 5.41) is 3.40. The summed E-state index contributed by atoms with van der Waals surface area (Å²) in [7, 11) is -1.01. The van der Waals surface area contributed by atoms with Crippen molar-refractivity contribution in [3.05, 3.63) is 23.2 Å². The van der Waals surface area contributed by atoms with Crippen molar-refractivity contribution in [2.45, 2.75) is 33.9 Å². The fourth-order valence-corrected chi connectivity index (χ4v) is 2.65. The van der Waals surface area contributed by atoms with Crippen LogP contribution in [-0.4, -0.2) is 45.5 Å². The van der Waals surface area contributed by atoms with Crippen molar-refractivity contribution in [2.75, 3.05) is 32.1 Å². The van der Waals surface area contributed by atoms with Crippen molar-refractivity contribution >= 4 is 9.84 Å². The molecule has 0 aliphatic rings. The lowest BCUT2D eigenvalue weighted by Gasteiger charge is -2.13. The molecular formula is C15H28N2O3S. The monoisotopic (exact) mass is 316 g/mol. The van der Waals surface area contributed by atoms with E-state index in [-0.39, 0.29) is 5.75 Å². The Morgan fingerprint density at radius 3 is 2.62 bits per heavy atom. The fourth-order valence-electron chi connectivity index (χ4n) is 2.00. The van der Waals surface area contributed by atoms with Crippen molar-refractivity contribution in [3.8, 4) is 0 Å². The first-order valence-electron chi connectivity index (χ1n) is 7.32. The van der Waals surface area contributed by atoms with Gasteiger partial charge in [0.15, 0.2) is 0 Å². The van der Waals surface area contributed by atoms with Gasteiger partial charge in [0.2, 0.25) is 0 Å². The summed E-state index contributed by atoms with van der Waals surface area (Å²) < 4.78 is 28.1. The average molecular weight is 316 g/mol. The van der Waals surface area contributed by atoms with Crippen LogP contribution in [0.2, 0.25) is 0 Å². The molecule has 0 aliphatic heterocycles. The number of sulfone groups is 1. The second-order valence-electron chi connectivity index (χ2n) is 6.19. The molecule has 1 rings (SSSR count). The third-order valence-corrected chi connectivity index (χ3v) is 4.13. The first-order chi connectivity index (χ1) is 9.67. The van der Waals surface area contributed by atoms with Gasteiger partial charge in [-0.25, -0.2) is 8.42 Å². The van der Waals surface area contributed by atoms with Crippen molar-refractivity contribution < 1.29 is 12.8 Å². The Hall–Kier alpha value is -0.850. The minimum absolute atomic E-state index is 0.173. The number of nitrogens with one attached hydrogen (secondary N) is 1. The minimum Gasteiger partial charge on any atom is -0.465 e. The molecule has 6 heteroatoms. The topological polar surface area (TPSA) is 62.6 Å². The van der Waals surface area contributed by atoms with Gasteiger partial charge in [-0.15, -0.1) is 0 Å². The maximum atomic E-state index is 11.2. The summed E-state index contributed by atoms with van der Waals surface area (Å²) in [6, 6.07) is 2.06. The lowest BCUT2D eigenvalue weighted by atomic mass is 10.2. The highest BCUT2D eigenvalue weighted by molar-refractivity contribution is 7.90. The van der Waals surface area contributed by atoms with E-state index in [0.29, 0.717) is 19.0 Å². The molecule has 0 amide bonds. The van der Waals surface area contributed by atoms with E-state index in [4.69, 9.17) is 4.42 Å². The van der Waals surface area contributed by atoms with Gasteiger partial charge in [-0.1, -0.05) is 13.8 Å². The summed E-state index contributed by atoms with van der Waals surface area (Å²) in [6.45, 7) is 9.25. The lowest BCUT2D eigenvalue weighted by Crippen LogP contribution is -2.24. The van der Waals surface area contributed by atoms with E-state index in [9.17, 15) is 8.42 Å². The van der Waals surface area contributed by atoms with Crippen molar-refractivity contribution in [2.24, 2.45) is 5.92 Å². The third-order valence-electron chi connectivity index (χ3n) is 3.21. The first-order valence-corrected chi connectivity index (χ1v) is 9.38. The van der Waals surface area contributed by atoms with E-state index in [0.717, 1.165) is 24.6 Å². The molecule has 0 saturated carbocycles. The summed E-state index contributed by atoms with van der Waals surface area (Å²) in [5.41, 5.74) is 1.17. The Morgan fingerprint density at radius 1 is 1.38 bits per heavy atom. The van der Waals surface area contributed by atoms with Gasteiger partial charge < -0.3 is 9.73 Å². The number of nitrogens with zero attached hydrogens (tertiary/aromatic N) is 1. The molecule has 5 nitrogen and oxygen atoms in total. The molecule has 122 valence electrons. The highest BCUT2D eigenvalue weighted by atomic mass is 32.2. The van der Waals surface area contributed by atoms with Gasteiger partial charge in [-0.05, 0) is 32.5 Å². The molecule has 0 saturated heterocycles. The van der Waals surface area contributed by atoms with Crippen LogP contribution in [-0.2, 0) is 22.9 Å². The Morgan fingerprint density at radius 2 is 2.05 bits per heavy atom. The van der Waals surface area contributed by atoms with Gasteiger partial charge >= 0.3 is 0 Å². The fraction of sp³-hybridized carbons (Fsp3) is 0.733. The van der Waals surface area contributed by atoms with Crippen LogP contribution in [0.1, 0.15) is 30.9 Å². The summed E-state index contributed by atoms with van der Waals surface area (Å²) in [5.74, 6) is 2.60. The molecule has 0 aromatic carbocycles. The zero-order valence-corrected chi connectivity index (χ0v) is 14.6. The van der Waals surface area contributed by atoms with Crippen LogP contribution in [0.25, 0.3) is 0 Å². The van der Waals surface area contributed by atoms with Crippen LogP contribution in [0.3, 0.4) is 0 Å². The molecule has 1 aromatic rings. The normalized spacial score (nSPS) is 12.5. The molecule has 1 N–H and O–H groups in total. The van der Waals surface area contributed by atoms with Gasteiger partial charge in [0.05, 0.1) is 12.3 Å². The van der Waals surface area contributed by atoms with Gasteiger partial charge in [0.1, 0.15) is 21.4 Å². The van der Waals surface area contributed by atoms with Crippen LogP contribution in [0.4, 0.5) is 0 Å². The molecule has 21 heavy (non-hydrogen) atoms. The minimum atomic E-state index is -2.92. The van der Waals surface area contributed by atoms with E-state index in [1.165, 1.54) is 11.8 Å². The second-order valence-corrected chi connectivity index (χ2v) is 8.45. The summed E-state index contributed by atoms with van der Waals surface area (Å²) in [4.78, 5) is 1.96. The van der Waals surface area contributed by atoms with Crippen molar-refractivity contribution in [1.82, 2.24) is 10.2 Å². The standard InChI is InChI=1S/C15H28N2O3S/c1-12(2)9-16-10-14-8-15(20-13(14)3)11-17(4)6-7-21(5,18)19/h8,12,16H,6-7,9-11H2,1-5H3. The third kappa shape index (κ3) is 7.64. The predicted octanol–water partition coefficient (Wildman–Crippen LogP) is 1.81. The quantitative estimate of drug-likeness (QED) is 0.753. The molecule has 0 bridgehead atoms. The predicted molar refractivity (Wildman–Crippen MR) is 86.0 cm³/mol. The van der Waals surface area contributed by atoms with Gasteiger partial charge in [-0.2, -0.15) is 0 Å². The summed E-state index contributed by atoms with van der Waals surface area (Å²) in [6.07, 6.45) is 1.26. The molecular weight excluding hydrogens is 288 g/mol. The van der Waals surface area contributed by atoms with E-state index < -0.39 is 9.84 Å². The Bertz CT molecular complexity index is 535. The van der Waals surface area contributed by atoms with Crippen molar-refractivity contribution in [1.29, 1.82) is 0 Å². The Kier molecular flexibility index (Phi) is 6.90. The van der Waals surface area contributed by atoms with Crippen LogP contribution < -0.4 is 5.32 Å². The maximum Gasteiger partial charge on any atom is 0.148 e. The Labute approximate surface area is 128 Å². The maximum absolute atomic E-state index is 11.2. The Balaban J connectivity index is 2.49. The molecule has 1 aromatic heterocycles. The molecule has 0 atom stereocenters. The molecule has 0 unspecified atom stereocenters. The van der Waals surface area contributed by atoms with Crippen LogP contribution in [0.15, 0.2) is 10.5 Å². The van der Waals surface area contributed by atoms with E-state index >= 15 is 0 Å². The zero-order valence-electron chi connectivity index (χ0n) is 13.8. The first kappa shape index (κ1) is 18.2. The number of aryl methyl sites for hydroxylation is 1. The number of hydrogen-bond donors (Lipinski definition) is 1. The molecule has 0 spiro atoms. The highest BCUT2D eigenvalue weighted by Gasteiger charge is 2.11. The van der Waals surface area contributed by atoms with Crippen LogP contribution in [0, 0.1) is 12.8 Å². The number of hydrogen-bond acceptors (Lipinski definition) is 5. The smallest absolute Gasteiger partial charge is 0.148 e. The molecule has 0 radical (unpaired) electrons.